The fourth-order valence-electron chi connectivity index (χ4n) is 5.81. The van der Waals surface area contributed by atoms with Crippen LogP contribution >= 0.6 is 0 Å². The van der Waals surface area contributed by atoms with Crippen molar-refractivity contribution in [3.05, 3.63) is 92.1 Å². The van der Waals surface area contributed by atoms with Gasteiger partial charge in [-0.1, -0.05) is 31.5 Å². The number of benzene rings is 2. The number of hydrogen-bond acceptors (Lipinski definition) is 5. The van der Waals surface area contributed by atoms with E-state index >= 15 is 4.39 Å². The number of aromatic nitrogens is 1. The van der Waals surface area contributed by atoms with Crippen LogP contribution in [-0.2, 0) is 14.3 Å². The van der Waals surface area contributed by atoms with Crippen LogP contribution in [0.3, 0.4) is 0 Å². The number of aryl methyl sites for hydroxylation is 4. The number of aliphatic carboxylic acids is 1. The third-order valence-electron chi connectivity index (χ3n) is 7.88. The number of carbonyl (C=O) groups excluding carboxylic acids is 2. The Morgan fingerprint density at radius 2 is 1.68 bits per heavy atom. The maximum Gasteiger partial charge on any atom is 0.305 e. The zero-order chi connectivity index (χ0) is 32.3. The molecule has 10 heteroatoms. The lowest BCUT2D eigenvalue weighted by molar-refractivity contribution is -0.137. The van der Waals surface area contributed by atoms with Crippen molar-refractivity contribution < 1.29 is 28.6 Å². The molecule has 1 fully saturated rings. The Balaban J connectivity index is 1.66. The van der Waals surface area contributed by atoms with E-state index in [1.807, 2.05) is 46.8 Å². The van der Waals surface area contributed by atoms with Gasteiger partial charge in [-0.25, -0.2) is 4.39 Å². The van der Waals surface area contributed by atoms with Crippen LogP contribution in [0.4, 0.5) is 4.39 Å². The number of nitrogens with zero attached hydrogens (tertiary/aromatic N) is 1. The van der Waals surface area contributed by atoms with Crippen LogP contribution in [0.2, 0.25) is 0 Å². The molecule has 1 saturated heterocycles. The lowest BCUT2D eigenvalue weighted by Gasteiger charge is -2.28. The van der Waals surface area contributed by atoms with Crippen LogP contribution < -0.4 is 16.2 Å². The Hall–Kier alpha value is -4.31. The van der Waals surface area contributed by atoms with Gasteiger partial charge in [0.2, 0.25) is 5.91 Å². The predicted octanol–water partition coefficient (Wildman–Crippen LogP) is 4.94. The van der Waals surface area contributed by atoms with Gasteiger partial charge in [-0.2, -0.15) is 0 Å². The summed E-state index contributed by atoms with van der Waals surface area (Å²) in [5.41, 5.74) is 4.41. The number of nitrogens with one attached hydrogen (secondary N) is 2. The summed E-state index contributed by atoms with van der Waals surface area (Å²) >= 11 is 0. The highest BCUT2D eigenvalue weighted by molar-refractivity contribution is 5.97. The van der Waals surface area contributed by atoms with Gasteiger partial charge in [0.25, 0.3) is 11.5 Å². The van der Waals surface area contributed by atoms with Gasteiger partial charge in [-0.3, -0.25) is 19.2 Å². The molecule has 0 spiro atoms. The fourth-order valence-corrected chi connectivity index (χ4v) is 5.81. The van der Waals surface area contributed by atoms with E-state index < -0.39 is 47.7 Å². The Morgan fingerprint density at radius 1 is 1.02 bits per heavy atom. The fraction of sp³-hybridized carbons (Fsp3) is 0.412. The molecule has 1 aliphatic rings. The third-order valence-corrected chi connectivity index (χ3v) is 7.88. The Bertz CT molecular complexity index is 1620. The van der Waals surface area contributed by atoms with Gasteiger partial charge in [0.1, 0.15) is 17.4 Å². The highest BCUT2D eigenvalue weighted by Crippen LogP contribution is 2.34. The standard InChI is InChI=1S/C34H40FN3O6/c1-18(2)10-28(37-32(41)25-8-7-9-38(34(25)43)24-16-44-17-24)33(42)36-27(15-29(39)40)26-14-23(13-22(6)31(26)35)30-20(4)11-19(3)12-21(30)5/h7-9,11-14,18,24,27-28H,10,15-17H2,1-6H3,(H,36,42)(H,37,41)(H,39,40)/t27-,28-/m0/s1. The maximum atomic E-state index is 15.7. The van der Waals surface area contributed by atoms with Gasteiger partial charge < -0.3 is 25.0 Å². The largest absolute Gasteiger partial charge is 0.481 e. The average Bonchev–Trinajstić information content (AvgIpc) is 2.88. The van der Waals surface area contributed by atoms with Crippen LogP contribution in [0.1, 0.15) is 76.9 Å². The second-order valence-corrected chi connectivity index (χ2v) is 12.1. The summed E-state index contributed by atoms with van der Waals surface area (Å²) in [5.74, 6) is -3.29. The zero-order valence-corrected chi connectivity index (χ0v) is 26.0. The van der Waals surface area contributed by atoms with E-state index in [1.165, 1.54) is 10.6 Å². The number of carboxylic acid groups (broad SMARTS) is 1. The van der Waals surface area contributed by atoms with Gasteiger partial charge >= 0.3 is 5.97 Å². The van der Waals surface area contributed by atoms with Crippen LogP contribution in [0.5, 0.6) is 0 Å². The van der Waals surface area contributed by atoms with E-state index in [0.29, 0.717) is 24.3 Å². The molecule has 0 radical (unpaired) electrons. The number of carbonyl (C=O) groups is 3. The maximum absolute atomic E-state index is 15.7. The van der Waals surface area contributed by atoms with Crippen molar-refractivity contribution in [2.24, 2.45) is 5.92 Å². The molecule has 2 amide bonds. The quantitative estimate of drug-likeness (QED) is 0.284. The second kappa shape index (κ2) is 13.5. The molecule has 4 rings (SSSR count). The minimum atomic E-state index is -1.23. The topological polar surface area (TPSA) is 127 Å². The highest BCUT2D eigenvalue weighted by atomic mass is 19.1. The SMILES string of the molecule is Cc1cc(C)c(-c2cc(C)c(F)c([C@H](CC(=O)O)NC(=O)[C@H](CC(C)C)NC(=O)c3cccn(C4COC4)c3=O)c2)c(C)c1. The van der Waals surface area contributed by atoms with Crippen molar-refractivity contribution in [2.75, 3.05) is 13.2 Å². The number of ether oxygens (including phenoxy) is 1. The van der Waals surface area contributed by atoms with Gasteiger partial charge in [0, 0.05) is 11.8 Å². The van der Waals surface area contributed by atoms with E-state index in [0.717, 1.165) is 22.3 Å². The van der Waals surface area contributed by atoms with Gasteiger partial charge in [0.05, 0.1) is 31.7 Å². The monoisotopic (exact) mass is 605 g/mol. The average molecular weight is 606 g/mol. The predicted molar refractivity (Wildman–Crippen MR) is 165 cm³/mol. The van der Waals surface area contributed by atoms with Crippen molar-refractivity contribution in [1.29, 1.82) is 0 Å². The summed E-state index contributed by atoms with van der Waals surface area (Å²) in [7, 11) is 0. The Morgan fingerprint density at radius 3 is 2.25 bits per heavy atom. The molecule has 0 saturated carbocycles. The number of rotatable bonds is 11. The number of pyridine rings is 1. The summed E-state index contributed by atoms with van der Waals surface area (Å²) in [6, 6.07) is 7.85. The normalized spacial score (nSPS) is 14.5. The van der Waals surface area contributed by atoms with Gasteiger partial charge in [0.15, 0.2) is 0 Å². The molecule has 234 valence electrons. The first-order chi connectivity index (χ1) is 20.8. The van der Waals surface area contributed by atoms with Crippen molar-refractivity contribution in [3.8, 4) is 11.1 Å². The number of carboxylic acids is 1. The Kier molecular flexibility index (Phi) is 10.0. The van der Waals surface area contributed by atoms with Crippen LogP contribution in [0, 0.1) is 39.4 Å². The molecule has 2 heterocycles. The highest BCUT2D eigenvalue weighted by Gasteiger charge is 2.30. The van der Waals surface area contributed by atoms with Crippen LogP contribution in [0.15, 0.2) is 47.4 Å². The molecule has 44 heavy (non-hydrogen) atoms. The Labute approximate surface area is 256 Å². The lowest BCUT2D eigenvalue weighted by Crippen LogP contribution is -2.50. The molecule has 1 aliphatic heterocycles. The molecule has 3 aromatic rings. The van der Waals surface area contributed by atoms with Crippen molar-refractivity contribution in [3.63, 3.8) is 0 Å². The smallest absolute Gasteiger partial charge is 0.305 e. The summed E-state index contributed by atoms with van der Waals surface area (Å²) in [4.78, 5) is 51.9. The van der Waals surface area contributed by atoms with Crippen molar-refractivity contribution >= 4 is 17.8 Å². The number of halogens is 1. The molecule has 0 unspecified atom stereocenters. The number of hydrogen-bond donors (Lipinski definition) is 3. The van der Waals surface area contributed by atoms with E-state index in [4.69, 9.17) is 4.74 Å². The van der Waals surface area contributed by atoms with E-state index in [1.54, 1.807) is 31.3 Å². The van der Waals surface area contributed by atoms with E-state index in [9.17, 15) is 24.3 Å². The molecule has 9 nitrogen and oxygen atoms in total. The molecule has 2 atom stereocenters. The second-order valence-electron chi connectivity index (χ2n) is 12.1. The van der Waals surface area contributed by atoms with Gasteiger partial charge in [-0.05, 0) is 92.1 Å². The molecular formula is C34H40FN3O6. The molecular weight excluding hydrogens is 565 g/mol. The first-order valence-corrected chi connectivity index (χ1v) is 14.8. The van der Waals surface area contributed by atoms with Gasteiger partial charge in [-0.15, -0.1) is 0 Å². The summed E-state index contributed by atoms with van der Waals surface area (Å²) in [6.07, 6.45) is 1.22. The van der Waals surface area contributed by atoms with E-state index in [2.05, 4.69) is 10.6 Å². The molecule has 2 aromatic carbocycles. The minimum absolute atomic E-state index is 0.0402. The lowest BCUT2D eigenvalue weighted by atomic mass is 9.89. The summed E-state index contributed by atoms with van der Waals surface area (Å²) in [5, 5.41) is 15.1. The van der Waals surface area contributed by atoms with Crippen LogP contribution in [0.25, 0.3) is 11.1 Å². The van der Waals surface area contributed by atoms with Crippen LogP contribution in [-0.4, -0.2) is 46.7 Å². The van der Waals surface area contributed by atoms with Crippen molar-refractivity contribution in [1.82, 2.24) is 15.2 Å². The molecule has 1 aromatic heterocycles. The first kappa shape index (κ1) is 32.6. The van der Waals surface area contributed by atoms with Crippen molar-refractivity contribution in [2.45, 2.75) is 72.5 Å². The third kappa shape index (κ3) is 7.24. The molecule has 3 N–H and O–H groups in total. The molecule has 0 aliphatic carbocycles. The first-order valence-electron chi connectivity index (χ1n) is 14.8. The van der Waals surface area contributed by atoms with E-state index in [-0.39, 0.29) is 29.5 Å². The summed E-state index contributed by atoms with van der Waals surface area (Å²) < 4.78 is 22.3. The molecule has 0 bridgehead atoms. The number of amides is 2. The summed E-state index contributed by atoms with van der Waals surface area (Å²) in [6.45, 7) is 12.0. The zero-order valence-electron chi connectivity index (χ0n) is 26.0. The minimum Gasteiger partial charge on any atom is -0.481 e.